The van der Waals surface area contributed by atoms with E-state index in [1.165, 1.54) is 4.31 Å². The first-order valence-electron chi connectivity index (χ1n) is 8.47. The van der Waals surface area contributed by atoms with Crippen molar-refractivity contribution in [1.29, 1.82) is 0 Å². The highest BCUT2D eigenvalue weighted by atomic mass is 35.5. The summed E-state index contributed by atoms with van der Waals surface area (Å²) in [6.07, 6.45) is 1.41. The number of rotatable bonds is 3. The molecule has 0 bridgehead atoms. The summed E-state index contributed by atoms with van der Waals surface area (Å²) in [5, 5.41) is 3.23. The molecule has 0 radical (unpaired) electrons. The number of sulfonamides is 1. The molecule has 7 heteroatoms. The van der Waals surface area contributed by atoms with Gasteiger partial charge in [0.2, 0.25) is 10.0 Å². The molecule has 1 aliphatic heterocycles. The number of amides is 1. The van der Waals surface area contributed by atoms with Crippen LogP contribution in [0.25, 0.3) is 0 Å². The molecule has 2 aromatic carbocycles. The zero-order valence-corrected chi connectivity index (χ0v) is 16.3. The van der Waals surface area contributed by atoms with Gasteiger partial charge in [-0.1, -0.05) is 29.8 Å². The van der Waals surface area contributed by atoms with Crippen LogP contribution in [0.5, 0.6) is 0 Å². The molecular formula is C19H21ClN2O3S. The Balaban J connectivity index is 1.93. The molecule has 5 nitrogen and oxygen atoms in total. The van der Waals surface area contributed by atoms with Crippen molar-refractivity contribution in [2.24, 2.45) is 0 Å². The molecule has 1 saturated heterocycles. The molecule has 138 valence electrons. The molecule has 26 heavy (non-hydrogen) atoms. The van der Waals surface area contributed by atoms with Crippen molar-refractivity contribution >= 4 is 38.9 Å². The summed E-state index contributed by atoms with van der Waals surface area (Å²) < 4.78 is 26.0. The second kappa shape index (κ2) is 7.29. The van der Waals surface area contributed by atoms with Gasteiger partial charge in [-0.2, -0.15) is 0 Å². The third-order valence-corrected chi connectivity index (χ3v) is 6.72. The number of aryl methyl sites for hydroxylation is 2. The fourth-order valence-corrected chi connectivity index (χ4v) is 5.02. The van der Waals surface area contributed by atoms with Crippen molar-refractivity contribution in [2.75, 3.05) is 21.9 Å². The zero-order chi connectivity index (χ0) is 18.9. The molecule has 2 aromatic rings. The molecule has 0 aliphatic carbocycles. The topological polar surface area (TPSA) is 66.5 Å². The quantitative estimate of drug-likeness (QED) is 0.853. The van der Waals surface area contributed by atoms with E-state index < -0.39 is 10.0 Å². The molecule has 1 fully saturated rings. The molecule has 3 rings (SSSR count). The van der Waals surface area contributed by atoms with Crippen molar-refractivity contribution < 1.29 is 13.2 Å². The van der Waals surface area contributed by atoms with E-state index in [0.29, 0.717) is 29.2 Å². The number of carbonyl (C=O) groups excluding carboxylic acids is 1. The first-order valence-corrected chi connectivity index (χ1v) is 10.5. The Hall–Kier alpha value is -2.05. The van der Waals surface area contributed by atoms with E-state index in [1.807, 2.05) is 32.0 Å². The summed E-state index contributed by atoms with van der Waals surface area (Å²) in [4.78, 5) is 12.7. The van der Waals surface area contributed by atoms with E-state index in [-0.39, 0.29) is 11.7 Å². The lowest BCUT2D eigenvalue weighted by molar-refractivity contribution is 0.102. The van der Waals surface area contributed by atoms with E-state index in [4.69, 9.17) is 11.6 Å². The van der Waals surface area contributed by atoms with Crippen molar-refractivity contribution in [3.8, 4) is 0 Å². The predicted molar refractivity (Wildman–Crippen MR) is 106 cm³/mol. The number of carbonyl (C=O) groups is 1. The van der Waals surface area contributed by atoms with E-state index in [0.717, 1.165) is 23.2 Å². The van der Waals surface area contributed by atoms with Gasteiger partial charge in [0.15, 0.2) is 0 Å². The largest absolute Gasteiger partial charge is 0.322 e. The Morgan fingerprint density at radius 1 is 1.12 bits per heavy atom. The van der Waals surface area contributed by atoms with Crippen LogP contribution < -0.4 is 9.62 Å². The monoisotopic (exact) mass is 392 g/mol. The second-order valence-electron chi connectivity index (χ2n) is 6.48. The van der Waals surface area contributed by atoms with E-state index in [1.54, 1.807) is 18.2 Å². The van der Waals surface area contributed by atoms with Crippen LogP contribution in [0, 0.1) is 13.8 Å². The number of hydrogen-bond acceptors (Lipinski definition) is 3. The Kier molecular flexibility index (Phi) is 5.25. The van der Waals surface area contributed by atoms with Gasteiger partial charge in [-0.05, 0) is 56.0 Å². The molecule has 0 aromatic heterocycles. The fraction of sp³-hybridized carbons (Fsp3) is 0.316. The number of para-hydroxylation sites is 1. The smallest absolute Gasteiger partial charge is 0.255 e. The van der Waals surface area contributed by atoms with Crippen LogP contribution in [0.1, 0.15) is 34.3 Å². The summed E-state index contributed by atoms with van der Waals surface area (Å²) in [6, 6.07) is 10.5. The van der Waals surface area contributed by atoms with Gasteiger partial charge in [-0.15, -0.1) is 0 Å². The highest BCUT2D eigenvalue weighted by Gasteiger charge is 2.28. The first-order chi connectivity index (χ1) is 12.3. The molecule has 1 aliphatic rings. The molecule has 0 spiro atoms. The average molecular weight is 393 g/mol. The Morgan fingerprint density at radius 3 is 2.46 bits per heavy atom. The summed E-state index contributed by atoms with van der Waals surface area (Å²) in [7, 11) is -3.40. The zero-order valence-electron chi connectivity index (χ0n) is 14.8. The Bertz CT molecular complexity index is 937. The van der Waals surface area contributed by atoms with Crippen LogP contribution in [-0.2, 0) is 10.0 Å². The normalized spacial score (nSPS) is 16.3. The maximum atomic E-state index is 12.7. The van der Waals surface area contributed by atoms with E-state index in [9.17, 15) is 13.2 Å². The van der Waals surface area contributed by atoms with E-state index in [2.05, 4.69) is 5.32 Å². The SMILES string of the molecule is Cc1cccc(C)c1NC(=O)c1ccc(Cl)c(N2CCCCS2(=O)=O)c1. The summed E-state index contributed by atoms with van der Waals surface area (Å²) in [5.74, 6) is -0.197. The van der Waals surface area contributed by atoms with Crippen LogP contribution >= 0.6 is 11.6 Å². The molecule has 1 heterocycles. The van der Waals surface area contributed by atoms with Crippen LogP contribution in [0.2, 0.25) is 5.02 Å². The van der Waals surface area contributed by atoms with Gasteiger partial charge < -0.3 is 5.32 Å². The Labute approximate surface area is 159 Å². The van der Waals surface area contributed by atoms with Gasteiger partial charge in [0, 0.05) is 17.8 Å². The maximum Gasteiger partial charge on any atom is 0.255 e. The minimum atomic E-state index is -3.40. The summed E-state index contributed by atoms with van der Waals surface area (Å²) in [5.41, 5.74) is 3.42. The minimum Gasteiger partial charge on any atom is -0.322 e. The lowest BCUT2D eigenvalue weighted by Gasteiger charge is -2.29. The van der Waals surface area contributed by atoms with Gasteiger partial charge >= 0.3 is 0 Å². The number of halogens is 1. The average Bonchev–Trinajstić information content (AvgIpc) is 2.58. The predicted octanol–water partition coefficient (Wildman–Crippen LogP) is 4.14. The van der Waals surface area contributed by atoms with Gasteiger partial charge in [-0.3, -0.25) is 9.10 Å². The van der Waals surface area contributed by atoms with Crippen LogP contribution in [0.15, 0.2) is 36.4 Å². The molecule has 0 unspecified atom stereocenters. The fourth-order valence-electron chi connectivity index (χ4n) is 3.10. The molecule has 1 amide bonds. The number of nitrogens with one attached hydrogen (secondary N) is 1. The van der Waals surface area contributed by atoms with Gasteiger partial charge in [0.25, 0.3) is 5.91 Å². The number of anilines is 2. The van der Waals surface area contributed by atoms with Crippen molar-refractivity contribution in [2.45, 2.75) is 26.7 Å². The number of nitrogens with zero attached hydrogens (tertiary/aromatic N) is 1. The number of benzene rings is 2. The summed E-state index contributed by atoms with van der Waals surface area (Å²) >= 11 is 6.23. The first kappa shape index (κ1) is 18.7. The molecular weight excluding hydrogens is 372 g/mol. The molecule has 0 atom stereocenters. The van der Waals surface area contributed by atoms with Crippen LogP contribution in [0.3, 0.4) is 0 Å². The standard InChI is InChI=1S/C19H21ClN2O3S/c1-13-6-5-7-14(2)18(13)21-19(23)15-8-9-16(20)17(12-15)22-10-3-4-11-26(22,24)25/h5-9,12H,3-4,10-11H2,1-2H3,(H,21,23). The maximum absolute atomic E-state index is 12.7. The van der Waals surface area contributed by atoms with Crippen molar-refractivity contribution in [1.82, 2.24) is 0 Å². The highest BCUT2D eigenvalue weighted by Crippen LogP contribution is 2.32. The lowest BCUT2D eigenvalue weighted by Crippen LogP contribution is -2.38. The number of hydrogen-bond donors (Lipinski definition) is 1. The van der Waals surface area contributed by atoms with E-state index >= 15 is 0 Å². The second-order valence-corrected chi connectivity index (χ2v) is 8.90. The van der Waals surface area contributed by atoms with Crippen molar-refractivity contribution in [3.63, 3.8) is 0 Å². The van der Waals surface area contributed by atoms with Crippen molar-refractivity contribution in [3.05, 3.63) is 58.1 Å². The minimum absolute atomic E-state index is 0.0994. The third kappa shape index (κ3) is 3.71. The van der Waals surface area contributed by atoms with Crippen LogP contribution in [0.4, 0.5) is 11.4 Å². The van der Waals surface area contributed by atoms with Gasteiger partial charge in [0.1, 0.15) is 0 Å². The van der Waals surface area contributed by atoms with Gasteiger partial charge in [-0.25, -0.2) is 8.42 Å². The highest BCUT2D eigenvalue weighted by molar-refractivity contribution is 7.92. The lowest BCUT2D eigenvalue weighted by atomic mass is 10.1. The molecule has 0 saturated carbocycles. The van der Waals surface area contributed by atoms with Gasteiger partial charge in [0.05, 0.1) is 16.5 Å². The Morgan fingerprint density at radius 2 is 1.81 bits per heavy atom. The molecule has 1 N–H and O–H groups in total. The third-order valence-electron chi connectivity index (χ3n) is 4.55. The summed E-state index contributed by atoms with van der Waals surface area (Å²) in [6.45, 7) is 4.23. The van der Waals surface area contributed by atoms with Crippen LogP contribution in [-0.4, -0.2) is 26.6 Å².